The average molecular weight is 170 g/mol. The second-order valence-corrected chi connectivity index (χ2v) is 4.09. The van der Waals surface area contributed by atoms with Crippen LogP contribution >= 0.6 is 0 Å². The molecule has 0 aliphatic heterocycles. The van der Waals surface area contributed by atoms with Crippen LogP contribution in [0.2, 0.25) is 6.04 Å². The zero-order valence-electron chi connectivity index (χ0n) is 7.38. The van der Waals surface area contributed by atoms with Crippen LogP contribution in [0, 0.1) is 5.92 Å². The van der Waals surface area contributed by atoms with Crippen LogP contribution in [-0.4, -0.2) is 16.4 Å². The van der Waals surface area contributed by atoms with Crippen molar-refractivity contribution >= 4 is 9.76 Å². The van der Waals surface area contributed by atoms with E-state index in [1.807, 2.05) is 12.2 Å². The monoisotopic (exact) mass is 170 g/mol. The first kappa shape index (κ1) is 10.7. The largest absolute Gasteiger partial charge is 0.423 e. The Kier molecular flexibility index (Phi) is 7.52. The van der Waals surface area contributed by atoms with Gasteiger partial charge in [0.25, 0.3) is 0 Å². The zero-order chi connectivity index (χ0) is 8.53. The van der Waals surface area contributed by atoms with Gasteiger partial charge in [-0.25, -0.2) is 0 Å². The molecule has 0 aromatic carbocycles. The molecule has 0 atom stereocenters. The lowest BCUT2D eigenvalue weighted by atomic mass is 10.2. The first-order valence-corrected chi connectivity index (χ1v) is 5.75. The Labute approximate surface area is 72.1 Å². The molecule has 0 spiro atoms. The molecule has 0 bridgehead atoms. The summed E-state index contributed by atoms with van der Waals surface area (Å²) in [7, 11) is -0.246. The summed E-state index contributed by atoms with van der Waals surface area (Å²) in [4.78, 5) is 0. The minimum Gasteiger partial charge on any atom is -0.423 e. The van der Waals surface area contributed by atoms with Gasteiger partial charge in [0.05, 0.1) is 0 Å². The molecule has 1 nitrogen and oxygen atoms in total. The lowest BCUT2D eigenvalue weighted by molar-refractivity contribution is 0.312. The fourth-order valence-corrected chi connectivity index (χ4v) is 1.63. The van der Waals surface area contributed by atoms with Crippen LogP contribution < -0.4 is 0 Å². The van der Waals surface area contributed by atoms with E-state index in [2.05, 4.69) is 20.1 Å². The molecule has 0 saturated carbocycles. The Morgan fingerprint density at radius 3 is 2.55 bits per heavy atom. The summed E-state index contributed by atoms with van der Waals surface area (Å²) in [5, 5.41) is 0. The average Bonchev–Trinajstić information content (AvgIpc) is 2.05. The van der Waals surface area contributed by atoms with Gasteiger partial charge in [-0.3, -0.25) is 0 Å². The fourth-order valence-electron chi connectivity index (χ4n) is 0.698. The van der Waals surface area contributed by atoms with Crippen molar-refractivity contribution in [3.05, 3.63) is 25.3 Å². The smallest absolute Gasteiger partial charge is 0.161 e. The molecule has 0 aromatic heterocycles. The van der Waals surface area contributed by atoms with Gasteiger partial charge >= 0.3 is 0 Å². The van der Waals surface area contributed by atoms with E-state index in [-0.39, 0.29) is 9.76 Å². The first-order valence-electron chi connectivity index (χ1n) is 4.18. The second kappa shape index (κ2) is 7.76. The number of hydrogen-bond donors (Lipinski definition) is 0. The maximum Gasteiger partial charge on any atom is 0.161 e. The highest BCUT2D eigenvalue weighted by Crippen LogP contribution is 1.99. The lowest BCUT2D eigenvalue weighted by Gasteiger charge is -2.06. The van der Waals surface area contributed by atoms with E-state index in [4.69, 9.17) is 4.43 Å². The molecule has 0 N–H and O–H groups in total. The third-order valence-electron chi connectivity index (χ3n) is 1.56. The molecule has 0 fully saturated rings. The van der Waals surface area contributed by atoms with Crippen molar-refractivity contribution in [1.29, 1.82) is 0 Å². The highest BCUT2D eigenvalue weighted by molar-refractivity contribution is 6.26. The molecule has 0 aliphatic rings. The van der Waals surface area contributed by atoms with E-state index in [1.165, 1.54) is 12.5 Å². The SMILES string of the molecule is C=CC(C=C)CO[SiH2]CCC. The molecule has 0 aliphatic carbocycles. The molecule has 0 aromatic rings. The van der Waals surface area contributed by atoms with Crippen LogP contribution in [0.3, 0.4) is 0 Å². The van der Waals surface area contributed by atoms with E-state index in [0.717, 1.165) is 6.61 Å². The zero-order valence-corrected chi connectivity index (χ0v) is 8.80. The van der Waals surface area contributed by atoms with Gasteiger partial charge in [0.2, 0.25) is 0 Å². The molecule has 11 heavy (non-hydrogen) atoms. The van der Waals surface area contributed by atoms with Crippen LogP contribution in [-0.2, 0) is 4.43 Å². The van der Waals surface area contributed by atoms with Gasteiger partial charge in [-0.05, 0) is 6.04 Å². The van der Waals surface area contributed by atoms with E-state index >= 15 is 0 Å². The summed E-state index contributed by atoms with van der Waals surface area (Å²) in [6.07, 6.45) is 5.01. The molecular formula is C9H18OSi. The van der Waals surface area contributed by atoms with Crippen LogP contribution in [0.1, 0.15) is 13.3 Å². The first-order chi connectivity index (χ1) is 5.35. The topological polar surface area (TPSA) is 9.23 Å². The summed E-state index contributed by atoms with van der Waals surface area (Å²) in [6, 6.07) is 1.28. The quantitative estimate of drug-likeness (QED) is 0.322. The van der Waals surface area contributed by atoms with Gasteiger partial charge in [-0.2, -0.15) is 0 Å². The second-order valence-electron chi connectivity index (χ2n) is 2.56. The molecule has 0 amide bonds. The third kappa shape index (κ3) is 6.07. The van der Waals surface area contributed by atoms with Crippen LogP contribution in [0.25, 0.3) is 0 Å². The molecule has 0 heterocycles. The van der Waals surface area contributed by atoms with Crippen molar-refractivity contribution in [2.24, 2.45) is 5.92 Å². The van der Waals surface area contributed by atoms with Gasteiger partial charge in [-0.1, -0.05) is 25.5 Å². The van der Waals surface area contributed by atoms with Gasteiger partial charge in [-0.15, -0.1) is 13.2 Å². The van der Waals surface area contributed by atoms with Crippen molar-refractivity contribution in [3.8, 4) is 0 Å². The van der Waals surface area contributed by atoms with Crippen molar-refractivity contribution in [1.82, 2.24) is 0 Å². The van der Waals surface area contributed by atoms with E-state index in [9.17, 15) is 0 Å². The lowest BCUT2D eigenvalue weighted by Crippen LogP contribution is -2.06. The minimum absolute atomic E-state index is 0.246. The Bertz CT molecular complexity index is 104. The molecule has 0 radical (unpaired) electrons. The van der Waals surface area contributed by atoms with Crippen LogP contribution in [0.15, 0.2) is 25.3 Å². The van der Waals surface area contributed by atoms with Crippen molar-refractivity contribution in [2.45, 2.75) is 19.4 Å². The van der Waals surface area contributed by atoms with Gasteiger partial charge in [0.15, 0.2) is 9.76 Å². The molecule has 64 valence electrons. The van der Waals surface area contributed by atoms with Gasteiger partial charge in [0, 0.05) is 12.5 Å². The highest BCUT2D eigenvalue weighted by Gasteiger charge is 1.96. The van der Waals surface area contributed by atoms with Crippen molar-refractivity contribution in [3.63, 3.8) is 0 Å². The fraction of sp³-hybridized carbons (Fsp3) is 0.556. The summed E-state index contributed by atoms with van der Waals surface area (Å²) in [5.74, 6) is 0.347. The predicted molar refractivity (Wildman–Crippen MR) is 53.5 cm³/mol. The Hall–Kier alpha value is -0.343. The number of rotatable bonds is 7. The van der Waals surface area contributed by atoms with E-state index in [0.29, 0.717) is 5.92 Å². The van der Waals surface area contributed by atoms with Crippen LogP contribution in [0.4, 0.5) is 0 Å². The summed E-state index contributed by atoms with van der Waals surface area (Å²) in [6.45, 7) is 10.4. The standard InChI is InChI=1S/C9H18OSi/c1-4-7-11-10-8-9(5-2)6-3/h5-6,9H,2-4,7-8,11H2,1H3. The normalized spacial score (nSPS) is 11.1. The summed E-state index contributed by atoms with van der Waals surface area (Å²) < 4.78 is 5.51. The maximum absolute atomic E-state index is 5.51. The Morgan fingerprint density at radius 2 is 2.09 bits per heavy atom. The predicted octanol–water partition coefficient (Wildman–Crippen LogP) is 1.90. The molecule has 2 heteroatoms. The van der Waals surface area contributed by atoms with Crippen LogP contribution in [0.5, 0.6) is 0 Å². The maximum atomic E-state index is 5.51. The van der Waals surface area contributed by atoms with Gasteiger partial charge < -0.3 is 4.43 Å². The summed E-state index contributed by atoms with van der Waals surface area (Å²) in [5.41, 5.74) is 0. The third-order valence-corrected chi connectivity index (χ3v) is 3.08. The number of hydrogen-bond acceptors (Lipinski definition) is 1. The van der Waals surface area contributed by atoms with Gasteiger partial charge in [0.1, 0.15) is 0 Å². The Morgan fingerprint density at radius 1 is 1.45 bits per heavy atom. The van der Waals surface area contributed by atoms with E-state index in [1.54, 1.807) is 0 Å². The molecule has 0 unspecified atom stereocenters. The molecular weight excluding hydrogens is 152 g/mol. The highest BCUT2D eigenvalue weighted by atomic mass is 28.2. The van der Waals surface area contributed by atoms with E-state index < -0.39 is 0 Å². The Balaban J connectivity index is 3.21. The molecule has 0 rings (SSSR count). The van der Waals surface area contributed by atoms with Crippen molar-refractivity contribution < 1.29 is 4.43 Å². The molecule has 0 saturated heterocycles. The minimum atomic E-state index is -0.246. The summed E-state index contributed by atoms with van der Waals surface area (Å²) >= 11 is 0. The van der Waals surface area contributed by atoms with Crippen molar-refractivity contribution in [2.75, 3.05) is 6.61 Å².